The maximum absolute atomic E-state index is 13.6. The van der Waals surface area contributed by atoms with Gasteiger partial charge in [-0.2, -0.15) is 0 Å². The molecule has 4 heteroatoms. The van der Waals surface area contributed by atoms with Gasteiger partial charge in [0.15, 0.2) is 11.6 Å². The average molecular weight is 316 g/mol. The molecule has 0 radical (unpaired) electrons. The van der Waals surface area contributed by atoms with Gasteiger partial charge in [-0.3, -0.25) is 0 Å². The lowest BCUT2D eigenvalue weighted by Crippen LogP contribution is -2.31. The maximum atomic E-state index is 13.6. The second-order valence-electron chi connectivity index (χ2n) is 6.24. The maximum Gasteiger partial charge on any atom is 0.160 e. The number of halogens is 3. The van der Waals surface area contributed by atoms with E-state index in [0.29, 0.717) is 16.5 Å². The van der Waals surface area contributed by atoms with Crippen LogP contribution in [0.1, 0.15) is 57.6 Å². The normalized spacial score (nSPS) is 24.0. The number of hydrogen-bond acceptors (Lipinski definition) is 1. The fraction of sp³-hybridized carbons (Fsp3) is 0.647. The van der Waals surface area contributed by atoms with Crippen LogP contribution in [0.25, 0.3) is 0 Å². The van der Waals surface area contributed by atoms with E-state index in [2.05, 4.69) is 19.2 Å². The topological polar surface area (TPSA) is 12.0 Å². The van der Waals surface area contributed by atoms with E-state index in [-0.39, 0.29) is 6.04 Å². The molecule has 0 heterocycles. The van der Waals surface area contributed by atoms with Crippen LogP contribution in [0.4, 0.5) is 8.78 Å². The molecule has 1 unspecified atom stereocenters. The predicted octanol–water partition coefficient (Wildman–Crippen LogP) is 5.49. The Kier molecular flexibility index (Phi) is 6.00. The second kappa shape index (κ2) is 7.55. The van der Waals surface area contributed by atoms with Gasteiger partial charge < -0.3 is 5.32 Å². The molecule has 0 amide bonds. The van der Waals surface area contributed by atoms with Crippen molar-refractivity contribution < 1.29 is 8.78 Å². The van der Waals surface area contributed by atoms with Crippen LogP contribution in [0.2, 0.25) is 5.02 Å². The molecule has 118 valence electrons. The molecule has 1 fully saturated rings. The summed E-state index contributed by atoms with van der Waals surface area (Å²) in [6, 6.07) is 2.38. The molecule has 1 nitrogen and oxygen atoms in total. The molecule has 0 spiro atoms. The molecule has 0 aromatic heterocycles. The van der Waals surface area contributed by atoms with Gasteiger partial charge >= 0.3 is 0 Å². The Morgan fingerprint density at radius 1 is 1.19 bits per heavy atom. The monoisotopic (exact) mass is 315 g/mol. The first-order valence-electron chi connectivity index (χ1n) is 7.90. The summed E-state index contributed by atoms with van der Waals surface area (Å²) in [6.07, 6.45) is 5.60. The SMILES string of the molecule is CCCNC(c1cc(F)c(F)cc1Cl)C1CCC(C)CC1. The quantitative estimate of drug-likeness (QED) is 0.709. The Hall–Kier alpha value is -0.670. The van der Waals surface area contributed by atoms with Crippen molar-refractivity contribution in [2.24, 2.45) is 11.8 Å². The summed E-state index contributed by atoms with van der Waals surface area (Å²) in [5, 5.41) is 3.80. The minimum atomic E-state index is -0.879. The van der Waals surface area contributed by atoms with Crippen LogP contribution in [-0.2, 0) is 0 Å². The van der Waals surface area contributed by atoms with Crippen molar-refractivity contribution >= 4 is 11.6 Å². The van der Waals surface area contributed by atoms with Crippen molar-refractivity contribution in [1.82, 2.24) is 5.32 Å². The zero-order valence-electron chi connectivity index (χ0n) is 12.8. The summed E-state index contributed by atoms with van der Waals surface area (Å²) >= 11 is 6.18. The highest BCUT2D eigenvalue weighted by Crippen LogP contribution is 2.39. The largest absolute Gasteiger partial charge is 0.310 e. The molecule has 1 aliphatic rings. The van der Waals surface area contributed by atoms with Gasteiger partial charge in [0.25, 0.3) is 0 Å². The third kappa shape index (κ3) is 4.17. The first-order valence-corrected chi connectivity index (χ1v) is 8.28. The molecule has 0 aliphatic heterocycles. The van der Waals surface area contributed by atoms with Crippen molar-refractivity contribution in [3.05, 3.63) is 34.4 Å². The van der Waals surface area contributed by atoms with E-state index in [0.717, 1.165) is 37.8 Å². The van der Waals surface area contributed by atoms with Crippen LogP contribution in [0.5, 0.6) is 0 Å². The molecule has 1 atom stereocenters. The van der Waals surface area contributed by atoms with Gasteiger partial charge in [-0.15, -0.1) is 0 Å². The predicted molar refractivity (Wildman–Crippen MR) is 83.5 cm³/mol. The zero-order valence-corrected chi connectivity index (χ0v) is 13.5. The second-order valence-corrected chi connectivity index (χ2v) is 6.65. The van der Waals surface area contributed by atoms with Gasteiger partial charge in [-0.25, -0.2) is 8.78 Å². The third-order valence-electron chi connectivity index (χ3n) is 4.52. The summed E-state index contributed by atoms with van der Waals surface area (Å²) in [5.74, 6) is -0.499. The standard InChI is InChI=1S/C17H24ClF2N/c1-3-8-21-17(12-6-4-11(2)5-7-12)13-9-15(19)16(20)10-14(13)18/h9-12,17,21H,3-8H2,1-2H3. The van der Waals surface area contributed by atoms with Crippen LogP contribution in [0.3, 0.4) is 0 Å². The molecule has 2 rings (SSSR count). The lowest BCUT2D eigenvalue weighted by atomic mass is 9.77. The van der Waals surface area contributed by atoms with Gasteiger partial charge in [0.1, 0.15) is 0 Å². The van der Waals surface area contributed by atoms with Crippen molar-refractivity contribution in [1.29, 1.82) is 0 Å². The van der Waals surface area contributed by atoms with Gasteiger partial charge in [0, 0.05) is 11.1 Å². The summed E-state index contributed by atoms with van der Waals surface area (Å²) < 4.78 is 26.9. The Bertz CT molecular complexity index is 470. The van der Waals surface area contributed by atoms with E-state index in [1.807, 2.05) is 0 Å². The van der Waals surface area contributed by atoms with Crippen molar-refractivity contribution in [2.45, 2.75) is 52.0 Å². The molecule has 1 aromatic rings. The molecule has 0 saturated heterocycles. The minimum absolute atomic E-state index is 0.0139. The van der Waals surface area contributed by atoms with E-state index in [1.54, 1.807) is 0 Å². The van der Waals surface area contributed by atoms with E-state index in [9.17, 15) is 8.78 Å². The summed E-state index contributed by atoms with van der Waals surface area (Å²) in [7, 11) is 0. The highest BCUT2D eigenvalue weighted by Gasteiger charge is 2.29. The lowest BCUT2D eigenvalue weighted by molar-refractivity contribution is 0.231. The average Bonchev–Trinajstić information content (AvgIpc) is 2.46. The van der Waals surface area contributed by atoms with Crippen LogP contribution in [0, 0.1) is 23.5 Å². The van der Waals surface area contributed by atoms with Gasteiger partial charge in [0.2, 0.25) is 0 Å². The van der Waals surface area contributed by atoms with Crippen molar-refractivity contribution in [2.75, 3.05) is 6.54 Å². The summed E-state index contributed by atoms with van der Waals surface area (Å²) in [4.78, 5) is 0. The summed E-state index contributed by atoms with van der Waals surface area (Å²) in [5.41, 5.74) is 0.698. The Morgan fingerprint density at radius 2 is 1.81 bits per heavy atom. The third-order valence-corrected chi connectivity index (χ3v) is 4.85. The molecule has 1 N–H and O–H groups in total. The summed E-state index contributed by atoms with van der Waals surface area (Å²) in [6.45, 7) is 5.22. The highest BCUT2D eigenvalue weighted by atomic mass is 35.5. The first-order chi connectivity index (χ1) is 10.0. The molecule has 0 bridgehead atoms. The lowest BCUT2D eigenvalue weighted by Gasteiger charge is -2.34. The Balaban J connectivity index is 2.25. The highest BCUT2D eigenvalue weighted by molar-refractivity contribution is 6.31. The molecular weight excluding hydrogens is 292 g/mol. The number of rotatable bonds is 5. The van der Waals surface area contributed by atoms with Crippen molar-refractivity contribution in [3.63, 3.8) is 0 Å². The Morgan fingerprint density at radius 3 is 2.43 bits per heavy atom. The van der Waals surface area contributed by atoms with Gasteiger partial charge in [-0.05, 0) is 55.3 Å². The van der Waals surface area contributed by atoms with Crippen LogP contribution >= 0.6 is 11.6 Å². The Labute approximate surface area is 131 Å². The van der Waals surface area contributed by atoms with E-state index in [4.69, 9.17) is 11.6 Å². The van der Waals surface area contributed by atoms with E-state index in [1.165, 1.54) is 18.9 Å². The number of benzene rings is 1. The van der Waals surface area contributed by atoms with Crippen molar-refractivity contribution in [3.8, 4) is 0 Å². The molecule has 1 aromatic carbocycles. The minimum Gasteiger partial charge on any atom is -0.310 e. The molecule has 1 aliphatic carbocycles. The molecular formula is C17H24ClF2N. The van der Waals surface area contributed by atoms with Gasteiger partial charge in [-0.1, -0.05) is 38.3 Å². The molecule has 21 heavy (non-hydrogen) atoms. The van der Waals surface area contributed by atoms with Crippen LogP contribution in [0.15, 0.2) is 12.1 Å². The van der Waals surface area contributed by atoms with Gasteiger partial charge in [0.05, 0.1) is 0 Å². The van der Waals surface area contributed by atoms with Crippen LogP contribution in [-0.4, -0.2) is 6.54 Å². The fourth-order valence-electron chi connectivity index (χ4n) is 3.23. The zero-order chi connectivity index (χ0) is 15.4. The van der Waals surface area contributed by atoms with Crippen LogP contribution < -0.4 is 5.32 Å². The smallest absolute Gasteiger partial charge is 0.160 e. The number of nitrogens with one attached hydrogen (secondary N) is 1. The first kappa shape index (κ1) is 16.7. The fourth-order valence-corrected chi connectivity index (χ4v) is 3.49. The molecule has 1 saturated carbocycles. The van der Waals surface area contributed by atoms with E-state index < -0.39 is 11.6 Å². The van der Waals surface area contributed by atoms with E-state index >= 15 is 0 Å². The number of hydrogen-bond donors (Lipinski definition) is 1.